The lowest BCUT2D eigenvalue weighted by molar-refractivity contribution is -0.384. The van der Waals surface area contributed by atoms with Gasteiger partial charge >= 0.3 is 5.97 Å². The van der Waals surface area contributed by atoms with Gasteiger partial charge in [-0.2, -0.15) is 0 Å². The number of hydrogen-bond acceptors (Lipinski definition) is 7. The Morgan fingerprint density at radius 3 is 2.48 bits per heavy atom. The Balaban J connectivity index is 1.71. The van der Waals surface area contributed by atoms with E-state index in [2.05, 4.69) is 5.32 Å². The van der Waals surface area contributed by atoms with Crippen LogP contribution in [0, 0.1) is 10.1 Å². The summed E-state index contributed by atoms with van der Waals surface area (Å²) in [5.74, 6) is 0.264. The van der Waals surface area contributed by atoms with Crippen LogP contribution in [0.1, 0.15) is 19.8 Å². The number of ether oxygens (including phenoxy) is 3. The largest absolute Gasteiger partial charge is 0.497 e. The monoisotopic (exact) mass is 402 g/mol. The zero-order valence-electron chi connectivity index (χ0n) is 16.1. The Morgan fingerprint density at radius 2 is 1.83 bits per heavy atom. The average Bonchev–Trinajstić information content (AvgIpc) is 2.71. The van der Waals surface area contributed by atoms with Crippen molar-refractivity contribution in [1.82, 2.24) is 0 Å². The zero-order valence-corrected chi connectivity index (χ0v) is 16.1. The first-order chi connectivity index (χ1) is 13.9. The Morgan fingerprint density at radius 1 is 1.14 bits per heavy atom. The van der Waals surface area contributed by atoms with Crippen LogP contribution in [0.3, 0.4) is 0 Å². The molecule has 1 unspecified atom stereocenters. The summed E-state index contributed by atoms with van der Waals surface area (Å²) >= 11 is 0. The molecule has 2 aromatic carbocycles. The number of anilines is 1. The highest BCUT2D eigenvalue weighted by molar-refractivity contribution is 5.95. The number of nitro benzene ring substituents is 1. The van der Waals surface area contributed by atoms with Gasteiger partial charge in [-0.05, 0) is 43.7 Å². The number of amides is 1. The van der Waals surface area contributed by atoms with Gasteiger partial charge in [0.2, 0.25) is 0 Å². The van der Waals surface area contributed by atoms with Crippen molar-refractivity contribution in [2.45, 2.75) is 25.9 Å². The fourth-order valence-electron chi connectivity index (χ4n) is 2.33. The lowest BCUT2D eigenvalue weighted by Gasteiger charge is -2.13. The van der Waals surface area contributed by atoms with Crippen LogP contribution >= 0.6 is 0 Å². The van der Waals surface area contributed by atoms with Gasteiger partial charge in [-0.1, -0.05) is 6.07 Å². The molecular weight excluding hydrogens is 380 g/mol. The van der Waals surface area contributed by atoms with Gasteiger partial charge in [0, 0.05) is 24.2 Å². The normalized spacial score (nSPS) is 11.2. The highest BCUT2D eigenvalue weighted by Gasteiger charge is 2.18. The van der Waals surface area contributed by atoms with Crippen LogP contribution in [0.15, 0.2) is 48.5 Å². The Labute approximate surface area is 167 Å². The van der Waals surface area contributed by atoms with Gasteiger partial charge in [-0.15, -0.1) is 0 Å². The fraction of sp³-hybridized carbons (Fsp3) is 0.300. The molecule has 154 valence electrons. The topological polar surface area (TPSA) is 117 Å². The van der Waals surface area contributed by atoms with Gasteiger partial charge in [-0.3, -0.25) is 19.7 Å². The van der Waals surface area contributed by atoms with E-state index in [9.17, 15) is 19.7 Å². The van der Waals surface area contributed by atoms with Crippen LogP contribution in [-0.2, 0) is 14.3 Å². The first-order valence-corrected chi connectivity index (χ1v) is 8.90. The maximum atomic E-state index is 12.1. The molecule has 2 aromatic rings. The molecule has 29 heavy (non-hydrogen) atoms. The minimum Gasteiger partial charge on any atom is -0.497 e. The average molecular weight is 402 g/mol. The SMILES string of the molecule is COc1ccc(OCCCC(=O)OC(C)C(=O)Nc2cccc([N+](=O)[O-])c2)cc1. The first kappa shape index (κ1) is 21.7. The quantitative estimate of drug-likeness (QED) is 0.280. The summed E-state index contributed by atoms with van der Waals surface area (Å²) < 4.78 is 15.7. The number of non-ortho nitro benzene ring substituents is 1. The summed E-state index contributed by atoms with van der Waals surface area (Å²) in [6, 6.07) is 12.6. The molecule has 0 radical (unpaired) electrons. The van der Waals surface area contributed by atoms with Gasteiger partial charge in [-0.25, -0.2) is 0 Å². The molecule has 0 aliphatic heterocycles. The molecule has 0 aliphatic carbocycles. The van der Waals surface area contributed by atoms with E-state index in [0.29, 0.717) is 18.8 Å². The zero-order chi connectivity index (χ0) is 21.2. The van der Waals surface area contributed by atoms with Crippen LogP contribution in [0.2, 0.25) is 0 Å². The van der Waals surface area contributed by atoms with Crippen molar-refractivity contribution in [1.29, 1.82) is 0 Å². The number of carbonyl (C=O) groups is 2. The van der Waals surface area contributed by atoms with Crippen LogP contribution in [-0.4, -0.2) is 36.6 Å². The number of nitro groups is 1. The first-order valence-electron chi connectivity index (χ1n) is 8.90. The van der Waals surface area contributed by atoms with Gasteiger partial charge < -0.3 is 19.5 Å². The minimum absolute atomic E-state index is 0.0879. The molecule has 2 rings (SSSR count). The molecule has 0 aromatic heterocycles. The number of nitrogens with zero attached hydrogens (tertiary/aromatic N) is 1. The predicted molar refractivity (Wildman–Crippen MR) is 105 cm³/mol. The molecular formula is C20H22N2O7. The third kappa shape index (κ3) is 7.13. The number of nitrogens with one attached hydrogen (secondary N) is 1. The van der Waals surface area contributed by atoms with Crippen molar-refractivity contribution in [3.63, 3.8) is 0 Å². The second kappa shape index (κ2) is 10.6. The molecule has 9 nitrogen and oxygen atoms in total. The molecule has 0 aliphatic rings. The smallest absolute Gasteiger partial charge is 0.306 e. The molecule has 0 saturated carbocycles. The minimum atomic E-state index is -1.04. The Hall–Kier alpha value is -3.62. The van der Waals surface area contributed by atoms with Gasteiger partial charge in [0.1, 0.15) is 11.5 Å². The van der Waals surface area contributed by atoms with E-state index in [4.69, 9.17) is 14.2 Å². The van der Waals surface area contributed by atoms with E-state index in [1.165, 1.54) is 31.2 Å². The number of rotatable bonds is 10. The molecule has 1 atom stereocenters. The maximum Gasteiger partial charge on any atom is 0.306 e. The van der Waals surface area contributed by atoms with E-state index < -0.39 is 22.9 Å². The van der Waals surface area contributed by atoms with E-state index >= 15 is 0 Å². The molecule has 1 N–H and O–H groups in total. The van der Waals surface area contributed by atoms with Gasteiger partial charge in [0.25, 0.3) is 11.6 Å². The van der Waals surface area contributed by atoms with Crippen LogP contribution < -0.4 is 14.8 Å². The highest BCUT2D eigenvalue weighted by Crippen LogP contribution is 2.18. The lowest BCUT2D eigenvalue weighted by Crippen LogP contribution is -2.30. The second-order valence-corrected chi connectivity index (χ2v) is 6.06. The lowest BCUT2D eigenvalue weighted by atomic mass is 10.2. The van der Waals surface area contributed by atoms with Crippen molar-refractivity contribution in [3.05, 3.63) is 58.6 Å². The number of hydrogen-bond donors (Lipinski definition) is 1. The van der Waals surface area contributed by atoms with Crippen LogP contribution in [0.4, 0.5) is 11.4 Å². The third-order valence-electron chi connectivity index (χ3n) is 3.86. The van der Waals surface area contributed by atoms with Crippen molar-refractivity contribution in [2.24, 2.45) is 0 Å². The molecule has 0 heterocycles. The number of esters is 1. The molecule has 9 heteroatoms. The number of benzene rings is 2. The van der Waals surface area contributed by atoms with Crippen molar-refractivity contribution in [2.75, 3.05) is 19.0 Å². The predicted octanol–water partition coefficient (Wildman–Crippen LogP) is 3.33. The van der Waals surface area contributed by atoms with Crippen molar-refractivity contribution < 1.29 is 28.7 Å². The van der Waals surface area contributed by atoms with E-state index in [0.717, 1.165) is 5.75 Å². The van der Waals surface area contributed by atoms with Gasteiger partial charge in [0.05, 0.1) is 18.6 Å². The van der Waals surface area contributed by atoms with Crippen LogP contribution in [0.25, 0.3) is 0 Å². The van der Waals surface area contributed by atoms with E-state index in [1.54, 1.807) is 31.4 Å². The second-order valence-electron chi connectivity index (χ2n) is 6.06. The molecule has 0 spiro atoms. The molecule has 0 saturated heterocycles. The van der Waals surface area contributed by atoms with Crippen molar-refractivity contribution >= 4 is 23.3 Å². The number of carbonyl (C=O) groups excluding carboxylic acids is 2. The van der Waals surface area contributed by atoms with E-state index in [1.807, 2.05) is 0 Å². The summed E-state index contributed by atoms with van der Waals surface area (Å²) in [5, 5.41) is 13.3. The molecule has 0 bridgehead atoms. The Bertz CT molecular complexity index is 852. The summed E-state index contributed by atoms with van der Waals surface area (Å²) in [5.41, 5.74) is 0.101. The summed E-state index contributed by atoms with van der Waals surface area (Å²) in [7, 11) is 1.58. The molecule has 0 fully saturated rings. The summed E-state index contributed by atoms with van der Waals surface area (Å²) in [6.07, 6.45) is -0.529. The summed E-state index contributed by atoms with van der Waals surface area (Å²) in [4.78, 5) is 34.2. The van der Waals surface area contributed by atoms with Gasteiger partial charge in [0.15, 0.2) is 6.10 Å². The third-order valence-corrected chi connectivity index (χ3v) is 3.86. The molecule has 1 amide bonds. The standard InChI is InChI=1S/C20H22N2O7/c1-14(20(24)21-15-5-3-6-16(13-15)22(25)26)29-19(23)7-4-12-28-18-10-8-17(27-2)9-11-18/h3,5-6,8-11,13-14H,4,7,12H2,1-2H3,(H,21,24). The fourth-order valence-corrected chi connectivity index (χ4v) is 2.33. The summed E-state index contributed by atoms with van der Waals surface area (Å²) in [6.45, 7) is 1.74. The number of methoxy groups -OCH3 is 1. The maximum absolute atomic E-state index is 12.1. The van der Waals surface area contributed by atoms with Crippen molar-refractivity contribution in [3.8, 4) is 11.5 Å². The Kier molecular flexibility index (Phi) is 7.96. The van der Waals surface area contributed by atoms with E-state index in [-0.39, 0.29) is 17.8 Å². The highest BCUT2D eigenvalue weighted by atomic mass is 16.6. The van der Waals surface area contributed by atoms with Crippen LogP contribution in [0.5, 0.6) is 11.5 Å².